The number of piperidine rings is 1. The molecule has 1 saturated heterocycles. The van der Waals surface area contributed by atoms with Crippen LogP contribution in [0, 0.1) is 5.82 Å². The van der Waals surface area contributed by atoms with E-state index in [1.165, 1.54) is 31.7 Å². The summed E-state index contributed by atoms with van der Waals surface area (Å²) in [7, 11) is 0. The molecule has 0 amide bonds. The van der Waals surface area contributed by atoms with E-state index in [9.17, 15) is 9.50 Å². The minimum atomic E-state index is -0.939. The van der Waals surface area contributed by atoms with Gasteiger partial charge in [0, 0.05) is 37.3 Å². The molecule has 1 aliphatic carbocycles. The molecule has 0 aromatic heterocycles. The molecule has 3 rings (SSSR count). The zero-order valence-corrected chi connectivity index (χ0v) is 16.3. The Morgan fingerprint density at radius 3 is 2.59 bits per heavy atom. The lowest BCUT2D eigenvalue weighted by Gasteiger charge is -2.36. The van der Waals surface area contributed by atoms with Crippen LogP contribution in [-0.2, 0) is 0 Å². The third-order valence-electron chi connectivity index (χ3n) is 5.74. The molecule has 1 unspecified atom stereocenters. The van der Waals surface area contributed by atoms with E-state index in [1.807, 2.05) is 6.92 Å². The topological polar surface area (TPSA) is 59.9 Å². The monoisotopic (exact) mass is 376 g/mol. The third-order valence-corrected chi connectivity index (χ3v) is 5.74. The Bertz CT molecular complexity index is 610. The van der Waals surface area contributed by atoms with Crippen LogP contribution in [0.1, 0.15) is 57.1 Å². The van der Waals surface area contributed by atoms with Crippen LogP contribution in [0.5, 0.6) is 0 Å². The normalized spacial score (nSPS) is 21.4. The summed E-state index contributed by atoms with van der Waals surface area (Å²) in [5.74, 6) is 0.310. The van der Waals surface area contributed by atoms with Crippen LogP contribution >= 0.6 is 0 Å². The molecule has 150 valence electrons. The average molecular weight is 377 g/mol. The predicted octanol–water partition coefficient (Wildman–Crippen LogP) is 2.82. The number of nitrogens with zero attached hydrogens (tertiary/aromatic N) is 2. The van der Waals surface area contributed by atoms with Crippen LogP contribution in [0.4, 0.5) is 4.39 Å². The largest absolute Gasteiger partial charge is 0.386 e. The van der Waals surface area contributed by atoms with Crippen LogP contribution in [0.2, 0.25) is 0 Å². The van der Waals surface area contributed by atoms with Crippen LogP contribution < -0.4 is 10.6 Å². The maximum Gasteiger partial charge on any atom is 0.191 e. The summed E-state index contributed by atoms with van der Waals surface area (Å²) in [6.45, 7) is 5.19. The summed E-state index contributed by atoms with van der Waals surface area (Å²) in [4.78, 5) is 7.14. The molecule has 6 heteroatoms. The van der Waals surface area contributed by atoms with Crippen molar-refractivity contribution >= 4 is 5.96 Å². The van der Waals surface area contributed by atoms with E-state index in [2.05, 4.69) is 20.5 Å². The summed E-state index contributed by atoms with van der Waals surface area (Å²) >= 11 is 0. The van der Waals surface area contributed by atoms with E-state index >= 15 is 0 Å². The Morgan fingerprint density at radius 1 is 1.22 bits per heavy atom. The minimum Gasteiger partial charge on any atom is -0.386 e. The summed E-state index contributed by atoms with van der Waals surface area (Å²) in [5.41, 5.74) is 0.293. The highest BCUT2D eigenvalue weighted by Crippen LogP contribution is 2.26. The fourth-order valence-electron chi connectivity index (χ4n) is 4.21. The van der Waals surface area contributed by atoms with Gasteiger partial charge >= 0.3 is 0 Å². The van der Waals surface area contributed by atoms with E-state index in [-0.39, 0.29) is 6.54 Å². The molecule has 1 saturated carbocycles. The van der Waals surface area contributed by atoms with Crippen molar-refractivity contribution in [2.45, 2.75) is 63.6 Å². The molecule has 1 aliphatic heterocycles. The lowest BCUT2D eigenvalue weighted by atomic mass is 10.0. The van der Waals surface area contributed by atoms with Gasteiger partial charge in [0.25, 0.3) is 0 Å². The first-order valence-electron chi connectivity index (χ1n) is 10.4. The van der Waals surface area contributed by atoms with Crippen molar-refractivity contribution in [2.75, 3.05) is 26.2 Å². The molecule has 2 fully saturated rings. The van der Waals surface area contributed by atoms with E-state index in [0.29, 0.717) is 17.6 Å². The van der Waals surface area contributed by atoms with Crippen LogP contribution in [0.3, 0.4) is 0 Å². The maximum absolute atomic E-state index is 13.8. The molecule has 1 aromatic rings. The van der Waals surface area contributed by atoms with Gasteiger partial charge in [0.15, 0.2) is 5.96 Å². The first kappa shape index (κ1) is 20.1. The first-order chi connectivity index (χ1) is 13.2. The standard InChI is InChI=1S/C21H33FN4O/c1-2-23-21(24-15-20(27)18-9-5-6-10-19(18)22)25-16-11-13-26(14-12-16)17-7-3-4-8-17/h5-6,9-10,16-17,20,27H,2-4,7-8,11-15H2,1H3,(H2,23,24,25). The molecule has 3 N–H and O–H groups in total. The van der Waals surface area contributed by atoms with Crippen molar-refractivity contribution in [3.63, 3.8) is 0 Å². The number of hydrogen-bond acceptors (Lipinski definition) is 3. The van der Waals surface area contributed by atoms with Crippen molar-refractivity contribution < 1.29 is 9.50 Å². The number of aliphatic imine (C=N–C) groups is 1. The van der Waals surface area contributed by atoms with Crippen molar-refractivity contribution in [3.8, 4) is 0 Å². The zero-order chi connectivity index (χ0) is 19.1. The molecular formula is C21H33FN4O. The van der Waals surface area contributed by atoms with E-state index in [0.717, 1.165) is 38.5 Å². The van der Waals surface area contributed by atoms with Crippen molar-refractivity contribution in [1.82, 2.24) is 15.5 Å². The summed E-state index contributed by atoms with van der Waals surface area (Å²) in [6.07, 6.45) is 6.75. The SMILES string of the molecule is CCNC(=NCC(O)c1ccccc1F)NC1CCN(C2CCCC2)CC1. The smallest absolute Gasteiger partial charge is 0.191 e. The highest BCUT2D eigenvalue weighted by Gasteiger charge is 2.27. The highest BCUT2D eigenvalue weighted by atomic mass is 19.1. The first-order valence-corrected chi connectivity index (χ1v) is 10.4. The summed E-state index contributed by atoms with van der Waals surface area (Å²) in [5, 5.41) is 17.0. The molecule has 0 spiro atoms. The second-order valence-corrected chi connectivity index (χ2v) is 7.65. The van der Waals surface area contributed by atoms with Crippen LogP contribution in [0.15, 0.2) is 29.3 Å². The molecule has 0 radical (unpaired) electrons. The molecular weight excluding hydrogens is 343 g/mol. The van der Waals surface area contributed by atoms with Crippen molar-refractivity contribution in [3.05, 3.63) is 35.6 Å². The quantitative estimate of drug-likeness (QED) is 0.528. The van der Waals surface area contributed by atoms with Crippen molar-refractivity contribution in [1.29, 1.82) is 0 Å². The summed E-state index contributed by atoms with van der Waals surface area (Å²) < 4.78 is 13.8. The second-order valence-electron chi connectivity index (χ2n) is 7.65. The number of benzene rings is 1. The van der Waals surface area contributed by atoms with E-state index in [4.69, 9.17) is 0 Å². The molecule has 27 heavy (non-hydrogen) atoms. The third kappa shape index (κ3) is 5.66. The molecule has 1 heterocycles. The van der Waals surface area contributed by atoms with Gasteiger partial charge in [-0.25, -0.2) is 4.39 Å². The number of hydrogen-bond donors (Lipinski definition) is 3. The van der Waals surface area contributed by atoms with Gasteiger partial charge in [0.1, 0.15) is 11.9 Å². The Balaban J connectivity index is 1.51. The number of halogens is 1. The number of aliphatic hydroxyl groups is 1. The summed E-state index contributed by atoms with van der Waals surface area (Å²) in [6, 6.07) is 7.51. The van der Waals surface area contributed by atoms with E-state index < -0.39 is 11.9 Å². The number of nitrogens with one attached hydrogen (secondary N) is 2. The lowest BCUT2D eigenvalue weighted by Crippen LogP contribution is -2.50. The Labute approximate surface area is 162 Å². The molecule has 2 aliphatic rings. The lowest BCUT2D eigenvalue weighted by molar-refractivity contribution is 0.150. The predicted molar refractivity (Wildman–Crippen MR) is 107 cm³/mol. The highest BCUT2D eigenvalue weighted by molar-refractivity contribution is 5.80. The fourth-order valence-corrected chi connectivity index (χ4v) is 4.21. The fraction of sp³-hybridized carbons (Fsp3) is 0.667. The van der Waals surface area contributed by atoms with E-state index in [1.54, 1.807) is 18.2 Å². The minimum absolute atomic E-state index is 0.136. The van der Waals surface area contributed by atoms with Gasteiger partial charge in [0.2, 0.25) is 0 Å². The van der Waals surface area contributed by atoms with Gasteiger partial charge in [-0.3, -0.25) is 4.99 Å². The van der Waals surface area contributed by atoms with Gasteiger partial charge in [0.05, 0.1) is 6.54 Å². The van der Waals surface area contributed by atoms with Gasteiger partial charge in [-0.05, 0) is 38.7 Å². The van der Waals surface area contributed by atoms with Crippen molar-refractivity contribution in [2.24, 2.45) is 4.99 Å². The average Bonchev–Trinajstić information content (AvgIpc) is 3.22. The number of aliphatic hydroxyl groups excluding tert-OH is 1. The van der Waals surface area contributed by atoms with Gasteiger partial charge in [-0.1, -0.05) is 31.0 Å². The van der Waals surface area contributed by atoms with Crippen LogP contribution in [0.25, 0.3) is 0 Å². The number of rotatable bonds is 6. The number of guanidine groups is 1. The molecule has 1 aromatic carbocycles. The second kappa shape index (κ2) is 10.0. The van der Waals surface area contributed by atoms with Gasteiger partial charge in [-0.2, -0.15) is 0 Å². The Hall–Kier alpha value is -1.66. The van der Waals surface area contributed by atoms with Gasteiger partial charge in [-0.15, -0.1) is 0 Å². The maximum atomic E-state index is 13.8. The van der Waals surface area contributed by atoms with Gasteiger partial charge < -0.3 is 20.6 Å². The molecule has 0 bridgehead atoms. The Morgan fingerprint density at radius 2 is 1.93 bits per heavy atom. The Kier molecular flexibility index (Phi) is 7.47. The molecule has 5 nitrogen and oxygen atoms in total. The zero-order valence-electron chi connectivity index (χ0n) is 16.3. The van der Waals surface area contributed by atoms with Crippen LogP contribution in [-0.4, -0.2) is 54.2 Å². The molecule has 1 atom stereocenters. The number of likely N-dealkylation sites (tertiary alicyclic amines) is 1.